The molecule has 4 rings (SSSR count). The fraction of sp³-hybridized carbons (Fsp3) is 0.348. The van der Waals surface area contributed by atoms with E-state index in [4.69, 9.17) is 24.2 Å². The van der Waals surface area contributed by atoms with Crippen molar-refractivity contribution in [3.8, 4) is 11.5 Å². The number of methoxy groups -OCH3 is 2. The van der Waals surface area contributed by atoms with Crippen LogP contribution >= 0.6 is 0 Å². The van der Waals surface area contributed by atoms with Crippen molar-refractivity contribution in [1.29, 1.82) is 0 Å². The first-order valence-electron chi connectivity index (χ1n) is 10.6. The molecule has 1 aliphatic rings. The number of nitrogens with one attached hydrogen (secondary N) is 1. The molecule has 2 heterocycles. The number of carbonyl (C=O) groups excluding carboxylic acids is 1. The highest BCUT2D eigenvalue weighted by molar-refractivity contribution is 5.92. The van der Waals surface area contributed by atoms with Gasteiger partial charge in [-0.3, -0.25) is 0 Å². The SMILES string of the molecule is CCOC(=O)N1CCN(c2nc(Nc3ccc(OC)c(OC)c3)c3ccccc3n2)CC1. The Kier molecular flexibility index (Phi) is 6.44. The summed E-state index contributed by atoms with van der Waals surface area (Å²) < 4.78 is 15.9. The number of rotatable bonds is 6. The Morgan fingerprint density at radius 2 is 1.75 bits per heavy atom. The standard InChI is InChI=1S/C23H27N5O4/c1-4-32-23(29)28-13-11-27(12-14-28)22-25-18-8-6-5-7-17(18)21(26-22)24-16-9-10-19(30-2)20(15-16)31-3/h5-10,15H,4,11-14H2,1-3H3,(H,24,25,26). The van der Waals surface area contributed by atoms with Gasteiger partial charge in [-0.25, -0.2) is 9.78 Å². The minimum Gasteiger partial charge on any atom is -0.493 e. The Balaban J connectivity index is 1.61. The Hall–Kier alpha value is -3.75. The number of amides is 1. The number of nitrogens with zero attached hydrogens (tertiary/aromatic N) is 4. The van der Waals surface area contributed by atoms with Gasteiger partial charge in [-0.05, 0) is 31.2 Å². The molecule has 1 fully saturated rings. The van der Waals surface area contributed by atoms with E-state index in [2.05, 4.69) is 10.2 Å². The van der Waals surface area contributed by atoms with Crippen LogP contribution in [0.3, 0.4) is 0 Å². The minimum atomic E-state index is -0.276. The van der Waals surface area contributed by atoms with Gasteiger partial charge in [0.05, 0.1) is 26.3 Å². The van der Waals surface area contributed by atoms with E-state index >= 15 is 0 Å². The van der Waals surface area contributed by atoms with Crippen molar-refractivity contribution in [2.45, 2.75) is 6.92 Å². The van der Waals surface area contributed by atoms with E-state index in [1.165, 1.54) is 0 Å². The lowest BCUT2D eigenvalue weighted by atomic mass is 10.2. The van der Waals surface area contributed by atoms with Gasteiger partial charge in [-0.15, -0.1) is 0 Å². The molecule has 1 N–H and O–H groups in total. The lowest BCUT2D eigenvalue weighted by Gasteiger charge is -2.34. The molecule has 1 aromatic heterocycles. The van der Waals surface area contributed by atoms with Gasteiger partial charge in [-0.2, -0.15) is 4.98 Å². The largest absolute Gasteiger partial charge is 0.493 e. The molecule has 3 aromatic rings. The van der Waals surface area contributed by atoms with Gasteiger partial charge < -0.3 is 29.3 Å². The zero-order valence-electron chi connectivity index (χ0n) is 18.5. The van der Waals surface area contributed by atoms with Gasteiger partial charge in [0.2, 0.25) is 5.95 Å². The molecule has 9 nitrogen and oxygen atoms in total. The van der Waals surface area contributed by atoms with Gasteiger partial charge in [-0.1, -0.05) is 12.1 Å². The summed E-state index contributed by atoms with van der Waals surface area (Å²) in [6.07, 6.45) is -0.276. The second-order valence-electron chi connectivity index (χ2n) is 7.26. The lowest BCUT2D eigenvalue weighted by molar-refractivity contribution is 0.105. The summed E-state index contributed by atoms with van der Waals surface area (Å²) >= 11 is 0. The highest BCUT2D eigenvalue weighted by Gasteiger charge is 2.24. The van der Waals surface area contributed by atoms with Crippen molar-refractivity contribution in [2.24, 2.45) is 0 Å². The molecule has 2 aromatic carbocycles. The first-order valence-corrected chi connectivity index (χ1v) is 10.6. The Morgan fingerprint density at radius 3 is 2.47 bits per heavy atom. The fourth-order valence-corrected chi connectivity index (χ4v) is 3.66. The molecule has 1 saturated heterocycles. The van der Waals surface area contributed by atoms with Gasteiger partial charge in [0.25, 0.3) is 0 Å². The fourth-order valence-electron chi connectivity index (χ4n) is 3.66. The van der Waals surface area contributed by atoms with Gasteiger partial charge in [0.15, 0.2) is 11.5 Å². The van der Waals surface area contributed by atoms with Crippen LogP contribution < -0.4 is 19.7 Å². The molecule has 32 heavy (non-hydrogen) atoms. The minimum absolute atomic E-state index is 0.276. The second kappa shape index (κ2) is 9.59. The van der Waals surface area contributed by atoms with Crippen LogP contribution in [0.4, 0.5) is 22.2 Å². The number of piperazine rings is 1. The molecular formula is C23H27N5O4. The lowest BCUT2D eigenvalue weighted by Crippen LogP contribution is -2.49. The summed E-state index contributed by atoms with van der Waals surface area (Å²) in [4.78, 5) is 25.4. The second-order valence-corrected chi connectivity index (χ2v) is 7.26. The third-order valence-corrected chi connectivity index (χ3v) is 5.33. The Morgan fingerprint density at radius 1 is 1.00 bits per heavy atom. The third-order valence-electron chi connectivity index (χ3n) is 5.33. The number of benzene rings is 2. The van der Waals surface area contributed by atoms with E-state index < -0.39 is 0 Å². The van der Waals surface area contributed by atoms with Crippen molar-refractivity contribution < 1.29 is 19.0 Å². The number of aromatic nitrogens is 2. The van der Waals surface area contributed by atoms with Crippen LogP contribution in [0.25, 0.3) is 10.9 Å². The zero-order valence-corrected chi connectivity index (χ0v) is 18.5. The van der Waals surface area contributed by atoms with Crippen molar-refractivity contribution in [2.75, 3.05) is 57.2 Å². The summed E-state index contributed by atoms with van der Waals surface area (Å²) in [6.45, 7) is 4.57. The molecular weight excluding hydrogens is 410 g/mol. The summed E-state index contributed by atoms with van der Waals surface area (Å²) in [7, 11) is 3.21. The van der Waals surface area contributed by atoms with E-state index in [9.17, 15) is 4.79 Å². The maximum atomic E-state index is 12.0. The number of hydrogen-bond donors (Lipinski definition) is 1. The Labute approximate surface area is 186 Å². The molecule has 1 aliphatic heterocycles. The summed E-state index contributed by atoms with van der Waals surface area (Å²) in [5.41, 5.74) is 1.66. The van der Waals surface area contributed by atoms with Crippen LogP contribution in [0.15, 0.2) is 42.5 Å². The normalized spacial score (nSPS) is 13.7. The molecule has 168 valence electrons. The van der Waals surface area contributed by atoms with E-state index in [1.807, 2.05) is 49.4 Å². The first kappa shape index (κ1) is 21.5. The Bertz CT molecular complexity index is 1100. The average Bonchev–Trinajstić information content (AvgIpc) is 2.84. The summed E-state index contributed by atoms with van der Waals surface area (Å²) in [5.74, 6) is 2.61. The zero-order chi connectivity index (χ0) is 22.5. The number of para-hydroxylation sites is 1. The topological polar surface area (TPSA) is 89.1 Å². The van der Waals surface area contributed by atoms with E-state index in [1.54, 1.807) is 19.1 Å². The van der Waals surface area contributed by atoms with Crippen LogP contribution in [0, 0.1) is 0 Å². The maximum absolute atomic E-state index is 12.0. The van der Waals surface area contributed by atoms with Crippen molar-refractivity contribution in [3.05, 3.63) is 42.5 Å². The first-order chi connectivity index (χ1) is 15.6. The van der Waals surface area contributed by atoms with Crippen molar-refractivity contribution in [1.82, 2.24) is 14.9 Å². The van der Waals surface area contributed by atoms with Crippen LogP contribution in [-0.4, -0.2) is 68.0 Å². The molecule has 9 heteroatoms. The number of fused-ring (bicyclic) bond motifs is 1. The quantitative estimate of drug-likeness (QED) is 0.625. The molecule has 0 atom stereocenters. The maximum Gasteiger partial charge on any atom is 0.409 e. The van der Waals surface area contributed by atoms with Gasteiger partial charge >= 0.3 is 6.09 Å². The molecule has 0 aliphatic carbocycles. The predicted octanol–water partition coefficient (Wildman–Crippen LogP) is 3.67. The third kappa shape index (κ3) is 4.46. The summed E-state index contributed by atoms with van der Waals surface area (Å²) in [6, 6.07) is 13.5. The van der Waals surface area contributed by atoms with Gasteiger partial charge in [0, 0.05) is 43.3 Å². The van der Waals surface area contributed by atoms with E-state index in [0.717, 1.165) is 16.6 Å². The van der Waals surface area contributed by atoms with E-state index in [0.29, 0.717) is 56.1 Å². The molecule has 0 unspecified atom stereocenters. The van der Waals surface area contributed by atoms with Crippen LogP contribution in [0.2, 0.25) is 0 Å². The predicted molar refractivity (Wildman–Crippen MR) is 123 cm³/mol. The highest BCUT2D eigenvalue weighted by atomic mass is 16.6. The number of hydrogen-bond acceptors (Lipinski definition) is 8. The number of carbonyl (C=O) groups is 1. The van der Waals surface area contributed by atoms with Crippen LogP contribution in [0.5, 0.6) is 11.5 Å². The summed E-state index contributed by atoms with van der Waals surface area (Å²) in [5, 5.41) is 4.31. The number of anilines is 3. The molecule has 0 saturated carbocycles. The van der Waals surface area contributed by atoms with E-state index in [-0.39, 0.29) is 6.09 Å². The molecule has 0 spiro atoms. The highest BCUT2D eigenvalue weighted by Crippen LogP contribution is 2.33. The van der Waals surface area contributed by atoms with Gasteiger partial charge in [0.1, 0.15) is 5.82 Å². The van der Waals surface area contributed by atoms with Crippen LogP contribution in [-0.2, 0) is 4.74 Å². The van der Waals surface area contributed by atoms with Crippen molar-refractivity contribution in [3.63, 3.8) is 0 Å². The number of ether oxygens (including phenoxy) is 3. The van der Waals surface area contributed by atoms with Crippen molar-refractivity contribution >= 4 is 34.4 Å². The average molecular weight is 438 g/mol. The molecule has 0 bridgehead atoms. The smallest absolute Gasteiger partial charge is 0.409 e. The molecule has 1 amide bonds. The monoisotopic (exact) mass is 437 g/mol. The van der Waals surface area contributed by atoms with Crippen LogP contribution in [0.1, 0.15) is 6.92 Å². The molecule has 0 radical (unpaired) electrons.